The average Bonchev–Trinajstić information content (AvgIpc) is 3.30. The number of hydrogen-bond acceptors (Lipinski definition) is 7. The summed E-state index contributed by atoms with van der Waals surface area (Å²) >= 11 is 6.11. The van der Waals surface area contributed by atoms with Gasteiger partial charge in [0.15, 0.2) is 5.03 Å². The first kappa shape index (κ1) is 24.7. The van der Waals surface area contributed by atoms with E-state index in [0.717, 1.165) is 0 Å². The van der Waals surface area contributed by atoms with Crippen LogP contribution >= 0.6 is 11.6 Å². The second-order valence-electron chi connectivity index (χ2n) is 8.77. The van der Waals surface area contributed by atoms with Gasteiger partial charge in [0.2, 0.25) is 5.75 Å². The fourth-order valence-electron chi connectivity index (χ4n) is 4.52. The average molecular weight is 534 g/mol. The molecule has 12 heteroatoms. The summed E-state index contributed by atoms with van der Waals surface area (Å²) in [5.74, 6) is 0.0742. The highest BCUT2D eigenvalue weighted by atomic mass is 35.5. The van der Waals surface area contributed by atoms with E-state index < -0.39 is 27.9 Å². The number of ether oxygens (including phenoxy) is 1. The molecule has 1 saturated heterocycles. The molecule has 1 saturated carbocycles. The third-order valence-electron chi connectivity index (χ3n) is 6.39. The van der Waals surface area contributed by atoms with Crippen LogP contribution in [0.1, 0.15) is 19.3 Å². The van der Waals surface area contributed by atoms with Gasteiger partial charge in [0.25, 0.3) is 10.0 Å². The van der Waals surface area contributed by atoms with E-state index in [4.69, 9.17) is 16.3 Å². The van der Waals surface area contributed by atoms with E-state index in [1.165, 1.54) is 27.4 Å². The highest BCUT2D eigenvalue weighted by molar-refractivity contribution is 7.89. The van der Waals surface area contributed by atoms with Gasteiger partial charge in [0.1, 0.15) is 18.0 Å². The molecule has 0 amide bonds. The van der Waals surface area contributed by atoms with Crippen molar-refractivity contribution >= 4 is 27.3 Å². The maximum absolute atomic E-state index is 13.8. The first-order chi connectivity index (χ1) is 17.3. The van der Waals surface area contributed by atoms with Gasteiger partial charge in [0.05, 0.1) is 11.9 Å². The van der Waals surface area contributed by atoms with E-state index in [-0.39, 0.29) is 30.3 Å². The number of pyridine rings is 1. The van der Waals surface area contributed by atoms with E-state index in [1.54, 1.807) is 36.4 Å². The van der Waals surface area contributed by atoms with Gasteiger partial charge in [-0.15, -0.1) is 0 Å². The van der Waals surface area contributed by atoms with Crippen LogP contribution in [0.25, 0.3) is 5.69 Å². The Bertz CT molecular complexity index is 1400. The first-order valence-corrected chi connectivity index (χ1v) is 13.5. The Kier molecular flexibility index (Phi) is 6.96. The summed E-state index contributed by atoms with van der Waals surface area (Å²) < 4.78 is 48.4. The fourth-order valence-corrected chi connectivity index (χ4v) is 6.06. The third kappa shape index (κ3) is 4.95. The molecule has 3 aromatic rings. The molecule has 1 aliphatic carbocycles. The number of sulfonamides is 1. The number of halogens is 2. The van der Waals surface area contributed by atoms with Gasteiger partial charge in [0, 0.05) is 43.8 Å². The molecule has 1 aliphatic heterocycles. The number of anilines is 1. The summed E-state index contributed by atoms with van der Waals surface area (Å²) in [5.41, 5.74) is 0.445. The minimum absolute atomic E-state index is 0.00438. The van der Waals surface area contributed by atoms with Gasteiger partial charge in [-0.3, -0.25) is 4.79 Å². The van der Waals surface area contributed by atoms with Crippen molar-refractivity contribution in [1.29, 1.82) is 0 Å². The van der Waals surface area contributed by atoms with Crippen LogP contribution < -0.4 is 15.2 Å². The van der Waals surface area contributed by atoms with Gasteiger partial charge in [-0.2, -0.15) is 14.1 Å². The van der Waals surface area contributed by atoms with Gasteiger partial charge in [-0.1, -0.05) is 23.7 Å². The predicted octanol–water partition coefficient (Wildman–Crippen LogP) is 3.06. The molecule has 2 atom stereocenters. The summed E-state index contributed by atoms with van der Waals surface area (Å²) in [4.78, 5) is 19.4. The third-order valence-corrected chi connectivity index (χ3v) is 8.44. The van der Waals surface area contributed by atoms with Crippen molar-refractivity contribution in [2.45, 2.75) is 36.6 Å². The molecule has 2 aromatic heterocycles. The summed E-state index contributed by atoms with van der Waals surface area (Å²) in [6.07, 6.45) is 2.70. The summed E-state index contributed by atoms with van der Waals surface area (Å²) in [6, 6.07) is 11.5. The molecule has 0 bridgehead atoms. The summed E-state index contributed by atoms with van der Waals surface area (Å²) in [7, 11) is -3.73. The highest BCUT2D eigenvalue weighted by Crippen LogP contribution is 2.31. The minimum atomic E-state index is -3.73. The predicted molar refractivity (Wildman–Crippen MR) is 133 cm³/mol. The molecule has 3 heterocycles. The molecule has 190 valence electrons. The molecule has 9 nitrogen and oxygen atoms in total. The lowest BCUT2D eigenvalue weighted by Crippen LogP contribution is -2.49. The van der Waals surface area contributed by atoms with Crippen LogP contribution in [0.2, 0.25) is 5.02 Å². The number of hydrogen-bond donors (Lipinski definition) is 0. The van der Waals surface area contributed by atoms with Crippen LogP contribution in [0.3, 0.4) is 0 Å². The van der Waals surface area contributed by atoms with Gasteiger partial charge >= 0.3 is 5.56 Å². The second kappa shape index (κ2) is 10.2. The van der Waals surface area contributed by atoms with Crippen LogP contribution in [0, 0.1) is 0 Å². The zero-order valence-corrected chi connectivity index (χ0v) is 20.9. The molecule has 0 N–H and O–H groups in total. The maximum atomic E-state index is 13.8. The van der Waals surface area contributed by atoms with Crippen molar-refractivity contribution in [3.63, 3.8) is 0 Å². The second-order valence-corrected chi connectivity index (χ2v) is 11.1. The van der Waals surface area contributed by atoms with Crippen LogP contribution in [-0.2, 0) is 10.0 Å². The number of rotatable bonds is 6. The van der Waals surface area contributed by atoms with E-state index in [9.17, 15) is 17.6 Å². The Morgan fingerprint density at radius 1 is 1.06 bits per heavy atom. The fraction of sp³-hybridized carbons (Fsp3) is 0.375. The van der Waals surface area contributed by atoms with Crippen LogP contribution in [0.15, 0.2) is 64.7 Å². The van der Waals surface area contributed by atoms with E-state index in [2.05, 4.69) is 10.1 Å². The molecule has 2 aliphatic rings. The molecular formula is C24H25ClFN5O4S. The zero-order chi connectivity index (χ0) is 25.3. The normalized spacial score (nSPS) is 21.0. The molecule has 2 unspecified atom stereocenters. The van der Waals surface area contributed by atoms with Gasteiger partial charge < -0.3 is 9.64 Å². The standard InChI is InChI=1S/C24H25ClFN5O4S/c25-17-4-3-5-19(14-17)31-24(32)23(35-20-8-7-18(26)15-20)21(16-28-31)29-10-12-30(13-11-29)36(33,34)22-6-1-2-9-27-22/h1-6,9,14,16,18,20H,7-8,10-13,15H2. The number of nitrogens with zero attached hydrogens (tertiary/aromatic N) is 5. The van der Waals surface area contributed by atoms with Crippen molar-refractivity contribution in [2.75, 3.05) is 31.1 Å². The zero-order valence-electron chi connectivity index (χ0n) is 19.3. The number of alkyl halides is 1. The quantitative estimate of drug-likeness (QED) is 0.480. The molecule has 0 spiro atoms. The van der Waals surface area contributed by atoms with Gasteiger partial charge in [-0.25, -0.2) is 17.8 Å². The van der Waals surface area contributed by atoms with Crippen LogP contribution in [0.4, 0.5) is 10.1 Å². The smallest absolute Gasteiger partial charge is 0.316 e. The van der Waals surface area contributed by atoms with Gasteiger partial charge in [-0.05, 0) is 43.2 Å². The first-order valence-electron chi connectivity index (χ1n) is 11.7. The molecular weight excluding hydrogens is 509 g/mol. The van der Waals surface area contributed by atoms with E-state index in [0.29, 0.717) is 42.3 Å². The molecule has 2 fully saturated rings. The van der Waals surface area contributed by atoms with Crippen molar-refractivity contribution in [1.82, 2.24) is 19.1 Å². The molecule has 5 rings (SSSR count). The largest absolute Gasteiger partial charge is 0.483 e. The number of piperazine rings is 1. The SMILES string of the molecule is O=c1c(OC2CCC(F)C2)c(N2CCN(S(=O)(=O)c3ccccn3)CC2)cnn1-c1cccc(Cl)c1. The van der Waals surface area contributed by atoms with Crippen molar-refractivity contribution in [3.05, 3.63) is 70.2 Å². The highest BCUT2D eigenvalue weighted by Gasteiger charge is 2.33. The Balaban J connectivity index is 1.43. The van der Waals surface area contributed by atoms with Crippen molar-refractivity contribution in [3.8, 4) is 11.4 Å². The molecule has 1 aromatic carbocycles. The Hall–Kier alpha value is -3.02. The van der Waals surface area contributed by atoms with E-state index >= 15 is 0 Å². The number of benzene rings is 1. The van der Waals surface area contributed by atoms with Crippen molar-refractivity contribution < 1.29 is 17.5 Å². The Labute approximate surface area is 213 Å². The lowest BCUT2D eigenvalue weighted by atomic mass is 10.2. The lowest BCUT2D eigenvalue weighted by molar-refractivity contribution is 0.193. The topological polar surface area (TPSA) is 97.6 Å². The monoisotopic (exact) mass is 533 g/mol. The lowest BCUT2D eigenvalue weighted by Gasteiger charge is -2.35. The summed E-state index contributed by atoms with van der Waals surface area (Å²) in [5, 5.41) is 4.79. The van der Waals surface area contributed by atoms with E-state index in [1.807, 2.05) is 4.90 Å². The maximum Gasteiger partial charge on any atom is 0.316 e. The van der Waals surface area contributed by atoms with Crippen LogP contribution in [0.5, 0.6) is 5.75 Å². The molecule has 36 heavy (non-hydrogen) atoms. The number of aromatic nitrogens is 3. The molecule has 0 radical (unpaired) electrons. The van der Waals surface area contributed by atoms with Crippen LogP contribution in [-0.4, -0.2) is 65.9 Å². The van der Waals surface area contributed by atoms with Crippen molar-refractivity contribution in [2.24, 2.45) is 0 Å². The Morgan fingerprint density at radius 3 is 2.53 bits per heavy atom. The summed E-state index contributed by atoms with van der Waals surface area (Å²) in [6.45, 7) is 1.04. The minimum Gasteiger partial charge on any atom is -0.483 e. The Morgan fingerprint density at radius 2 is 1.86 bits per heavy atom.